The van der Waals surface area contributed by atoms with Crippen LogP contribution in [-0.4, -0.2) is 28.4 Å². The Morgan fingerprint density at radius 1 is 1.02 bits per heavy atom. The molecule has 0 saturated heterocycles. The minimum Gasteiger partial charge on any atom is -0.491 e. The third-order valence-electron chi connectivity index (χ3n) is 14.5. The Balaban J connectivity index is 1.59. The Morgan fingerprint density at radius 2 is 1.66 bits per heavy atom. The van der Waals surface area contributed by atoms with E-state index in [0.29, 0.717) is 42.4 Å². The molecule has 4 aliphatic carbocycles. The maximum absolute atomic E-state index is 12.9. The van der Waals surface area contributed by atoms with E-state index in [1.54, 1.807) is 0 Å². The molecule has 4 saturated carbocycles. The molecule has 1 unspecified atom stereocenters. The molecule has 1 aromatic carbocycles. The molecule has 0 bridgehead atoms. The molecule has 0 amide bonds. The van der Waals surface area contributed by atoms with Gasteiger partial charge in [-0.25, -0.2) is 4.79 Å². The van der Waals surface area contributed by atoms with Crippen molar-refractivity contribution in [2.45, 2.75) is 151 Å². The number of rotatable bonds is 7. The Hall–Kier alpha value is -2.33. The van der Waals surface area contributed by atoms with E-state index < -0.39 is 12.1 Å². The van der Waals surface area contributed by atoms with Crippen LogP contribution in [0.2, 0.25) is 0 Å². The van der Waals surface area contributed by atoms with Gasteiger partial charge in [-0.2, -0.15) is 0 Å². The molecule has 0 heterocycles. The number of fused-ring (bicyclic) bond motifs is 5. The number of ether oxygens (including phenoxy) is 1. The number of aliphatic hydroxyl groups excluding tert-OH is 1. The molecule has 0 aliphatic heterocycles. The standard InChI is InChI=1S/C43H64O4/c1-26(2)14-13-15-31(38(45)46)36-32-24-33(44)37-40(9)22-20-28(5)43(12,30-18-16-29(17-19-30)39(6,7)8)35(40)21-23-41(37,10)42(32,11)25-34(36)47-27(3)4/h14,16-19,28,32-35,37,44H,3,13,15,20-25H2,1-2,4-12H3,(H,45,46)/b36-31-/t28-,32+,33-,34?,35+,37+,40+,41+,42+,43-/m1/s1. The maximum atomic E-state index is 12.9. The van der Waals surface area contributed by atoms with E-state index in [9.17, 15) is 15.0 Å². The van der Waals surface area contributed by atoms with Gasteiger partial charge in [-0.15, -0.1) is 0 Å². The molecule has 5 rings (SSSR count). The number of allylic oxidation sites excluding steroid dienone is 3. The van der Waals surface area contributed by atoms with Crippen molar-refractivity contribution in [1.82, 2.24) is 0 Å². The summed E-state index contributed by atoms with van der Waals surface area (Å²) in [6.07, 6.45) is 8.20. The average Bonchev–Trinajstić information content (AvgIpc) is 3.23. The summed E-state index contributed by atoms with van der Waals surface area (Å²) in [6.45, 7) is 29.2. The Bertz CT molecular complexity index is 1440. The first-order chi connectivity index (χ1) is 21.7. The summed E-state index contributed by atoms with van der Waals surface area (Å²) in [5, 5.41) is 23.1. The molecule has 0 spiro atoms. The summed E-state index contributed by atoms with van der Waals surface area (Å²) in [6, 6.07) is 9.50. The van der Waals surface area contributed by atoms with Crippen molar-refractivity contribution in [2.24, 2.45) is 39.9 Å². The Morgan fingerprint density at radius 3 is 2.21 bits per heavy atom. The van der Waals surface area contributed by atoms with Crippen LogP contribution in [-0.2, 0) is 20.4 Å². The molecule has 4 fully saturated rings. The number of aliphatic hydroxyl groups is 1. The average molecular weight is 645 g/mol. The molecule has 47 heavy (non-hydrogen) atoms. The molecule has 4 heteroatoms. The smallest absolute Gasteiger partial charge is 0.331 e. The van der Waals surface area contributed by atoms with Crippen LogP contribution in [0, 0.1) is 39.9 Å². The van der Waals surface area contributed by atoms with Gasteiger partial charge in [-0.3, -0.25) is 0 Å². The summed E-state index contributed by atoms with van der Waals surface area (Å²) in [4.78, 5) is 12.9. The third-order valence-corrected chi connectivity index (χ3v) is 14.5. The first-order valence-electron chi connectivity index (χ1n) is 18.4. The minimum absolute atomic E-state index is 0.00988. The van der Waals surface area contributed by atoms with E-state index >= 15 is 0 Å². The molecule has 10 atom stereocenters. The highest BCUT2D eigenvalue weighted by atomic mass is 16.5. The Labute approximate surface area is 286 Å². The second-order valence-electron chi connectivity index (χ2n) is 18.4. The van der Waals surface area contributed by atoms with Gasteiger partial charge in [0.15, 0.2) is 0 Å². The topological polar surface area (TPSA) is 66.8 Å². The lowest BCUT2D eigenvalue weighted by Gasteiger charge is -2.71. The van der Waals surface area contributed by atoms with E-state index in [0.717, 1.165) is 37.7 Å². The van der Waals surface area contributed by atoms with E-state index in [4.69, 9.17) is 4.74 Å². The van der Waals surface area contributed by atoms with Crippen LogP contribution in [0.3, 0.4) is 0 Å². The fourth-order valence-electron chi connectivity index (χ4n) is 11.9. The summed E-state index contributed by atoms with van der Waals surface area (Å²) in [5.41, 5.74) is 5.11. The van der Waals surface area contributed by atoms with Gasteiger partial charge >= 0.3 is 5.97 Å². The number of carbonyl (C=O) groups is 1. The molecule has 4 aliphatic rings. The van der Waals surface area contributed by atoms with Crippen molar-refractivity contribution in [2.75, 3.05) is 0 Å². The van der Waals surface area contributed by atoms with E-state index in [1.807, 2.05) is 6.92 Å². The fraction of sp³-hybridized carbons (Fsp3) is 0.698. The summed E-state index contributed by atoms with van der Waals surface area (Å²) in [5.74, 6) is 0.844. The molecule has 4 nitrogen and oxygen atoms in total. The molecular formula is C43H64O4. The number of benzene rings is 1. The molecule has 0 radical (unpaired) electrons. The second-order valence-corrected chi connectivity index (χ2v) is 18.4. The second kappa shape index (κ2) is 12.2. The van der Waals surface area contributed by atoms with Gasteiger partial charge in [0.2, 0.25) is 0 Å². The van der Waals surface area contributed by atoms with E-state index in [1.165, 1.54) is 16.7 Å². The predicted octanol–water partition coefficient (Wildman–Crippen LogP) is 10.5. The van der Waals surface area contributed by atoms with Gasteiger partial charge in [-0.1, -0.05) is 97.9 Å². The fourth-order valence-corrected chi connectivity index (χ4v) is 11.9. The minimum atomic E-state index is -0.853. The zero-order chi connectivity index (χ0) is 34.9. The normalized spacial score (nSPS) is 40.9. The van der Waals surface area contributed by atoms with Crippen molar-refractivity contribution in [1.29, 1.82) is 0 Å². The van der Waals surface area contributed by atoms with Gasteiger partial charge in [-0.05, 0) is 140 Å². The zero-order valence-electron chi connectivity index (χ0n) is 31.4. The zero-order valence-corrected chi connectivity index (χ0v) is 31.4. The SMILES string of the molecule is C=C(C)OC1C[C@@]2(C)[C@@H](C[C@@H](O)[C@H]3[C@@]4(C)CC[C@@H](C)[C@](C)(c5ccc(C(C)(C)C)cc5)[C@H]4CC[C@@]32C)/C1=C(\CCC=C(C)C)C(=O)O. The van der Waals surface area contributed by atoms with Gasteiger partial charge in [0.05, 0.1) is 11.9 Å². The van der Waals surface area contributed by atoms with E-state index in [-0.39, 0.29) is 45.0 Å². The third kappa shape index (κ3) is 5.67. The van der Waals surface area contributed by atoms with Gasteiger partial charge in [0, 0.05) is 5.57 Å². The highest BCUT2D eigenvalue weighted by Crippen LogP contribution is 2.76. The number of carboxylic acid groups (broad SMARTS) is 1. The number of carboxylic acids is 1. The van der Waals surface area contributed by atoms with Crippen molar-refractivity contribution < 1.29 is 19.7 Å². The van der Waals surface area contributed by atoms with Crippen molar-refractivity contribution in [3.05, 3.63) is 70.5 Å². The van der Waals surface area contributed by atoms with Crippen molar-refractivity contribution in [3.8, 4) is 0 Å². The summed E-state index contributed by atoms with van der Waals surface area (Å²) in [7, 11) is 0. The lowest BCUT2D eigenvalue weighted by Crippen LogP contribution is -2.67. The van der Waals surface area contributed by atoms with Gasteiger partial charge < -0.3 is 14.9 Å². The number of hydrogen-bond acceptors (Lipinski definition) is 3. The molecule has 260 valence electrons. The highest BCUT2D eigenvalue weighted by molar-refractivity contribution is 5.88. The highest BCUT2D eigenvalue weighted by Gasteiger charge is 2.72. The first kappa shape index (κ1) is 36.0. The monoisotopic (exact) mass is 644 g/mol. The summed E-state index contributed by atoms with van der Waals surface area (Å²) >= 11 is 0. The van der Waals surface area contributed by atoms with Gasteiger partial charge in [0.25, 0.3) is 0 Å². The lowest BCUT2D eigenvalue weighted by atomic mass is 9.34. The van der Waals surface area contributed by atoms with Crippen molar-refractivity contribution >= 4 is 5.97 Å². The van der Waals surface area contributed by atoms with Crippen LogP contribution in [0.25, 0.3) is 0 Å². The van der Waals surface area contributed by atoms with Crippen LogP contribution in [0.5, 0.6) is 0 Å². The summed E-state index contributed by atoms with van der Waals surface area (Å²) < 4.78 is 6.46. The van der Waals surface area contributed by atoms with Crippen LogP contribution in [0.15, 0.2) is 59.4 Å². The van der Waals surface area contributed by atoms with Crippen LogP contribution >= 0.6 is 0 Å². The largest absolute Gasteiger partial charge is 0.491 e. The number of aliphatic carboxylic acids is 1. The predicted molar refractivity (Wildman–Crippen MR) is 193 cm³/mol. The Kier molecular flexibility index (Phi) is 9.35. The molecule has 0 aromatic heterocycles. The molecule has 2 N–H and O–H groups in total. The van der Waals surface area contributed by atoms with E-state index in [2.05, 4.69) is 106 Å². The molecular weight excluding hydrogens is 580 g/mol. The first-order valence-corrected chi connectivity index (χ1v) is 18.4. The van der Waals surface area contributed by atoms with Gasteiger partial charge in [0.1, 0.15) is 6.10 Å². The molecule has 1 aromatic rings. The van der Waals surface area contributed by atoms with Crippen LogP contribution in [0.4, 0.5) is 0 Å². The van der Waals surface area contributed by atoms with Crippen molar-refractivity contribution in [3.63, 3.8) is 0 Å². The van der Waals surface area contributed by atoms with Crippen LogP contribution < -0.4 is 0 Å². The number of hydrogen-bond donors (Lipinski definition) is 2. The van der Waals surface area contributed by atoms with Crippen LogP contribution in [0.1, 0.15) is 139 Å². The maximum Gasteiger partial charge on any atom is 0.331 e. The quantitative estimate of drug-likeness (QED) is 0.176. The lowest BCUT2D eigenvalue weighted by molar-refractivity contribution is -0.233.